The van der Waals surface area contributed by atoms with E-state index >= 15 is 0 Å². The van der Waals surface area contributed by atoms with Crippen molar-refractivity contribution in [3.05, 3.63) is 86.9 Å². The molecule has 0 spiro atoms. The first-order chi connectivity index (χ1) is 15.6. The van der Waals surface area contributed by atoms with E-state index in [1.54, 1.807) is 27.6 Å². The number of hydrogen-bond donors (Lipinski definition) is 1. The minimum Gasteiger partial charge on any atom is -0.334 e. The molecule has 1 atom stereocenters. The number of aryl methyl sites for hydroxylation is 1. The normalized spacial score (nSPS) is 16.5. The third-order valence-corrected chi connectivity index (χ3v) is 7.37. The Morgan fingerprint density at radius 3 is 2.56 bits per heavy atom. The zero-order valence-electron chi connectivity index (χ0n) is 17.7. The average molecular weight is 463 g/mol. The number of hydrogen-bond acceptors (Lipinski definition) is 6. The lowest BCUT2D eigenvalue weighted by Gasteiger charge is -2.35. The molecule has 162 valence electrons. The van der Waals surface area contributed by atoms with Crippen molar-refractivity contribution in [1.82, 2.24) is 20.4 Å². The summed E-state index contributed by atoms with van der Waals surface area (Å²) in [6.07, 6.45) is 0.787. The monoisotopic (exact) mass is 462 g/mol. The Balaban J connectivity index is 1.55. The van der Waals surface area contributed by atoms with Crippen LogP contribution in [0.4, 0.5) is 4.79 Å². The smallest absolute Gasteiger partial charge is 0.322 e. The van der Waals surface area contributed by atoms with Crippen LogP contribution >= 0.6 is 22.7 Å². The van der Waals surface area contributed by atoms with E-state index in [1.807, 2.05) is 61.7 Å². The van der Waals surface area contributed by atoms with Crippen LogP contribution < -0.4 is 5.32 Å². The SMILES string of the molecule is CC1=C(c2nc(-c3cccs3)no2)C(c2ccc(C)cc2)NC(=O)N1CCc1cccs1. The average Bonchev–Trinajstić information content (AvgIpc) is 3.55. The fourth-order valence-electron chi connectivity index (χ4n) is 3.85. The Morgan fingerprint density at radius 1 is 1.06 bits per heavy atom. The maximum absolute atomic E-state index is 13.1. The van der Waals surface area contributed by atoms with E-state index in [0.29, 0.717) is 18.3 Å². The lowest BCUT2D eigenvalue weighted by atomic mass is 9.94. The molecule has 4 heterocycles. The molecule has 0 radical (unpaired) electrons. The molecule has 0 bridgehead atoms. The van der Waals surface area contributed by atoms with Crippen molar-refractivity contribution in [3.8, 4) is 10.7 Å². The Morgan fingerprint density at radius 2 is 1.84 bits per heavy atom. The van der Waals surface area contributed by atoms with Gasteiger partial charge in [0.1, 0.15) is 0 Å². The van der Waals surface area contributed by atoms with E-state index in [9.17, 15) is 4.79 Å². The highest BCUT2D eigenvalue weighted by Crippen LogP contribution is 2.37. The molecule has 1 aliphatic heterocycles. The number of rotatable bonds is 6. The van der Waals surface area contributed by atoms with Crippen molar-refractivity contribution in [2.45, 2.75) is 26.3 Å². The Bertz CT molecular complexity index is 1240. The van der Waals surface area contributed by atoms with E-state index in [-0.39, 0.29) is 12.1 Å². The van der Waals surface area contributed by atoms with E-state index < -0.39 is 0 Å². The number of nitrogens with zero attached hydrogens (tertiary/aromatic N) is 3. The van der Waals surface area contributed by atoms with Crippen molar-refractivity contribution in [2.24, 2.45) is 0 Å². The topological polar surface area (TPSA) is 71.3 Å². The zero-order chi connectivity index (χ0) is 22.1. The van der Waals surface area contributed by atoms with Gasteiger partial charge in [-0.05, 0) is 48.7 Å². The van der Waals surface area contributed by atoms with Crippen LogP contribution in [0.5, 0.6) is 0 Å². The molecule has 1 N–H and O–H groups in total. The third-order valence-electron chi connectivity index (χ3n) is 5.57. The first kappa shape index (κ1) is 20.7. The molecule has 6 nitrogen and oxygen atoms in total. The van der Waals surface area contributed by atoms with Gasteiger partial charge in [0, 0.05) is 17.1 Å². The van der Waals surface area contributed by atoms with Gasteiger partial charge in [0.25, 0.3) is 5.89 Å². The minimum atomic E-state index is -0.363. The number of carbonyl (C=O) groups is 1. The largest absolute Gasteiger partial charge is 0.334 e. The van der Waals surface area contributed by atoms with Gasteiger partial charge >= 0.3 is 6.03 Å². The number of amides is 2. The van der Waals surface area contributed by atoms with E-state index in [0.717, 1.165) is 33.7 Å². The van der Waals surface area contributed by atoms with Crippen LogP contribution in [-0.4, -0.2) is 27.6 Å². The summed E-state index contributed by atoms with van der Waals surface area (Å²) in [4.78, 5) is 21.7. The summed E-state index contributed by atoms with van der Waals surface area (Å²) in [6.45, 7) is 4.58. The standard InChI is InChI=1S/C24H22N4O2S2/c1-15-7-9-17(10-8-15)21-20(23-26-22(27-30-23)19-6-4-14-32-19)16(2)28(24(29)25-21)12-11-18-5-3-13-31-18/h3-10,13-14,21H,11-12H2,1-2H3,(H,25,29). The van der Waals surface area contributed by atoms with Crippen LogP contribution in [-0.2, 0) is 6.42 Å². The molecule has 1 aromatic carbocycles. The van der Waals surface area contributed by atoms with Gasteiger partial charge < -0.3 is 9.84 Å². The van der Waals surface area contributed by atoms with Gasteiger partial charge in [0.05, 0.1) is 16.5 Å². The van der Waals surface area contributed by atoms with Crippen LogP contribution in [0, 0.1) is 6.92 Å². The molecule has 1 aliphatic rings. The van der Waals surface area contributed by atoms with Crippen molar-refractivity contribution in [2.75, 3.05) is 6.54 Å². The second-order valence-electron chi connectivity index (χ2n) is 7.67. The Hall–Kier alpha value is -3.23. The molecule has 5 rings (SSSR count). The highest BCUT2D eigenvalue weighted by Gasteiger charge is 2.35. The van der Waals surface area contributed by atoms with Crippen LogP contribution in [0.3, 0.4) is 0 Å². The maximum atomic E-state index is 13.1. The lowest BCUT2D eigenvalue weighted by Crippen LogP contribution is -2.46. The quantitative estimate of drug-likeness (QED) is 0.387. The number of benzene rings is 1. The fourth-order valence-corrected chi connectivity index (χ4v) is 5.20. The number of carbonyl (C=O) groups excluding carboxylic acids is 1. The minimum absolute atomic E-state index is 0.119. The molecule has 0 saturated carbocycles. The molecule has 8 heteroatoms. The molecule has 0 saturated heterocycles. The third kappa shape index (κ3) is 3.99. The van der Waals surface area contributed by atoms with E-state index in [1.165, 1.54) is 4.88 Å². The van der Waals surface area contributed by atoms with Crippen LogP contribution in [0.25, 0.3) is 16.3 Å². The predicted molar refractivity (Wildman–Crippen MR) is 127 cm³/mol. The first-order valence-corrected chi connectivity index (χ1v) is 12.1. The molecule has 3 aromatic heterocycles. The van der Waals surface area contributed by atoms with Gasteiger partial charge in [-0.25, -0.2) is 4.79 Å². The molecule has 1 unspecified atom stereocenters. The van der Waals surface area contributed by atoms with Gasteiger partial charge in [-0.2, -0.15) is 4.98 Å². The number of allylic oxidation sites excluding steroid dienone is 1. The lowest BCUT2D eigenvalue weighted by molar-refractivity contribution is 0.205. The number of urea groups is 1. The fraction of sp³-hybridized carbons (Fsp3) is 0.208. The van der Waals surface area contributed by atoms with Crippen LogP contribution in [0.15, 0.2) is 69.5 Å². The molecule has 4 aromatic rings. The zero-order valence-corrected chi connectivity index (χ0v) is 19.4. The summed E-state index contributed by atoms with van der Waals surface area (Å²) >= 11 is 3.26. The van der Waals surface area contributed by atoms with Crippen molar-refractivity contribution in [3.63, 3.8) is 0 Å². The second-order valence-corrected chi connectivity index (χ2v) is 9.65. The highest BCUT2D eigenvalue weighted by atomic mass is 32.1. The Labute approximate surface area is 194 Å². The van der Waals surface area contributed by atoms with Gasteiger partial charge in [-0.15, -0.1) is 22.7 Å². The maximum Gasteiger partial charge on any atom is 0.322 e. The summed E-state index contributed by atoms with van der Waals surface area (Å²) in [5, 5.41) is 11.4. The number of thiophene rings is 2. The summed E-state index contributed by atoms with van der Waals surface area (Å²) in [5.41, 5.74) is 3.80. The van der Waals surface area contributed by atoms with E-state index in [4.69, 9.17) is 4.52 Å². The van der Waals surface area contributed by atoms with Crippen LogP contribution in [0.2, 0.25) is 0 Å². The second kappa shape index (κ2) is 8.72. The number of aromatic nitrogens is 2. The van der Waals surface area contributed by atoms with Gasteiger partial charge in [0.2, 0.25) is 5.82 Å². The molecule has 2 amide bonds. The molecular weight excluding hydrogens is 440 g/mol. The van der Waals surface area contributed by atoms with Gasteiger partial charge in [-0.1, -0.05) is 47.1 Å². The van der Waals surface area contributed by atoms with Crippen LogP contribution in [0.1, 0.15) is 34.9 Å². The summed E-state index contributed by atoms with van der Waals surface area (Å²) < 4.78 is 5.72. The van der Waals surface area contributed by atoms with Crippen molar-refractivity contribution < 1.29 is 9.32 Å². The molecule has 32 heavy (non-hydrogen) atoms. The van der Waals surface area contributed by atoms with Gasteiger partial charge in [-0.3, -0.25) is 4.90 Å². The number of nitrogens with one attached hydrogen (secondary N) is 1. The molecular formula is C24H22N4O2S2. The molecule has 0 fully saturated rings. The highest BCUT2D eigenvalue weighted by molar-refractivity contribution is 7.13. The van der Waals surface area contributed by atoms with Crippen molar-refractivity contribution in [1.29, 1.82) is 0 Å². The van der Waals surface area contributed by atoms with Gasteiger partial charge in [0.15, 0.2) is 0 Å². The summed E-state index contributed by atoms with van der Waals surface area (Å²) in [5.74, 6) is 0.984. The summed E-state index contributed by atoms with van der Waals surface area (Å²) in [7, 11) is 0. The first-order valence-electron chi connectivity index (χ1n) is 10.4. The predicted octanol–water partition coefficient (Wildman–Crippen LogP) is 5.91. The van der Waals surface area contributed by atoms with Crippen molar-refractivity contribution >= 4 is 34.3 Å². The van der Waals surface area contributed by atoms with E-state index in [2.05, 4.69) is 26.9 Å². The molecule has 0 aliphatic carbocycles. The Kier molecular flexibility index (Phi) is 5.63. The summed E-state index contributed by atoms with van der Waals surface area (Å²) in [6, 6.07) is 15.7.